The minimum Gasteiger partial charge on any atom is -0.444 e. The van der Waals surface area contributed by atoms with Gasteiger partial charge in [-0.3, -0.25) is 4.79 Å². The number of carbonyl (C=O) groups excluding carboxylic acids is 2. The molecule has 1 aromatic heterocycles. The molecule has 7 heteroatoms. The van der Waals surface area contributed by atoms with Gasteiger partial charge >= 0.3 is 6.09 Å². The van der Waals surface area contributed by atoms with E-state index in [9.17, 15) is 9.59 Å². The molecule has 0 fully saturated rings. The van der Waals surface area contributed by atoms with Crippen molar-refractivity contribution >= 4 is 23.3 Å². The topological polar surface area (TPSA) is 71.5 Å². The molecule has 23 heavy (non-hydrogen) atoms. The van der Waals surface area contributed by atoms with Gasteiger partial charge in [0, 0.05) is 24.7 Å². The number of rotatable bonds is 7. The molecular formula is C16H27N3O3S. The highest BCUT2D eigenvalue weighted by Gasteiger charge is 2.20. The normalized spacial score (nSPS) is 11.2. The van der Waals surface area contributed by atoms with E-state index in [2.05, 4.69) is 10.3 Å². The number of amides is 2. The molecule has 6 nitrogen and oxygen atoms in total. The van der Waals surface area contributed by atoms with Gasteiger partial charge < -0.3 is 15.0 Å². The maximum atomic E-state index is 11.8. The molecule has 0 unspecified atom stereocenters. The second-order valence-electron chi connectivity index (χ2n) is 6.53. The van der Waals surface area contributed by atoms with Crippen LogP contribution in [-0.4, -0.2) is 47.6 Å². The molecule has 130 valence electrons. The number of aromatic nitrogens is 1. The number of nitrogens with zero attached hydrogens (tertiary/aromatic N) is 2. The fourth-order valence-corrected chi connectivity index (χ4v) is 2.64. The van der Waals surface area contributed by atoms with Crippen LogP contribution in [0.15, 0.2) is 5.38 Å². The smallest absolute Gasteiger partial charge is 0.410 e. The van der Waals surface area contributed by atoms with Crippen molar-refractivity contribution in [2.24, 2.45) is 0 Å². The number of unbranched alkanes of at least 4 members (excludes halogenated alkanes) is 1. The quantitative estimate of drug-likeness (QED) is 0.774. The summed E-state index contributed by atoms with van der Waals surface area (Å²) < 4.78 is 5.20. The highest BCUT2D eigenvalue weighted by molar-refractivity contribution is 7.09. The van der Waals surface area contributed by atoms with Crippen molar-refractivity contribution in [3.8, 4) is 0 Å². The molecular weight excluding hydrogens is 314 g/mol. The van der Waals surface area contributed by atoms with Gasteiger partial charge in [-0.25, -0.2) is 9.78 Å². The molecule has 0 aromatic carbocycles. The van der Waals surface area contributed by atoms with Crippen LogP contribution in [0.1, 0.15) is 44.3 Å². The fourth-order valence-electron chi connectivity index (χ4n) is 1.82. The third-order valence-electron chi connectivity index (χ3n) is 2.89. The SMILES string of the molecule is Cc1csc(CCCCNC(=O)CN(C)C(=O)OC(C)(C)C)n1. The molecule has 0 aliphatic carbocycles. The first-order chi connectivity index (χ1) is 10.7. The number of thiazole rings is 1. The summed E-state index contributed by atoms with van der Waals surface area (Å²) in [6, 6.07) is 0. The van der Waals surface area contributed by atoms with Gasteiger partial charge in [0.2, 0.25) is 5.91 Å². The number of hydrogen-bond acceptors (Lipinski definition) is 5. The molecule has 0 aliphatic heterocycles. The van der Waals surface area contributed by atoms with Gasteiger partial charge in [-0.2, -0.15) is 0 Å². The molecule has 0 spiro atoms. The Kier molecular flexibility index (Phi) is 7.48. The first-order valence-electron chi connectivity index (χ1n) is 7.79. The van der Waals surface area contributed by atoms with Crippen LogP contribution in [0.2, 0.25) is 0 Å². The molecule has 1 aromatic rings. The van der Waals surface area contributed by atoms with Crippen LogP contribution in [0.25, 0.3) is 0 Å². The summed E-state index contributed by atoms with van der Waals surface area (Å²) in [5.41, 5.74) is 0.499. The van der Waals surface area contributed by atoms with E-state index in [1.165, 1.54) is 4.90 Å². The van der Waals surface area contributed by atoms with Gasteiger partial charge in [-0.05, 0) is 47.0 Å². The molecule has 1 rings (SSSR count). The van der Waals surface area contributed by atoms with Crippen molar-refractivity contribution in [1.29, 1.82) is 0 Å². The summed E-state index contributed by atoms with van der Waals surface area (Å²) in [6.07, 6.45) is 2.31. The predicted molar refractivity (Wildman–Crippen MR) is 91.7 cm³/mol. The van der Waals surface area contributed by atoms with Crippen molar-refractivity contribution in [3.63, 3.8) is 0 Å². The standard InChI is InChI=1S/C16H27N3O3S/c1-12-11-23-14(18-12)8-6-7-9-17-13(20)10-19(5)15(21)22-16(2,3)4/h11H,6-10H2,1-5H3,(H,17,20). The van der Waals surface area contributed by atoms with Crippen LogP contribution in [0, 0.1) is 6.92 Å². The lowest BCUT2D eigenvalue weighted by molar-refractivity contribution is -0.122. The fraction of sp³-hybridized carbons (Fsp3) is 0.688. The summed E-state index contributed by atoms with van der Waals surface area (Å²) in [5, 5.41) is 6.00. The largest absolute Gasteiger partial charge is 0.444 e. The Morgan fingerprint density at radius 3 is 2.61 bits per heavy atom. The van der Waals surface area contributed by atoms with Crippen LogP contribution in [0.5, 0.6) is 0 Å². The summed E-state index contributed by atoms with van der Waals surface area (Å²) >= 11 is 1.67. The monoisotopic (exact) mass is 341 g/mol. The van der Waals surface area contributed by atoms with Crippen LogP contribution in [0.4, 0.5) is 4.79 Å². The van der Waals surface area contributed by atoms with Gasteiger partial charge in [0.25, 0.3) is 0 Å². The third kappa shape index (κ3) is 8.54. The minimum absolute atomic E-state index is 0.000584. The second-order valence-corrected chi connectivity index (χ2v) is 7.47. The lowest BCUT2D eigenvalue weighted by atomic mass is 10.2. The van der Waals surface area contributed by atoms with Crippen molar-refractivity contribution in [2.75, 3.05) is 20.1 Å². The average Bonchev–Trinajstić information content (AvgIpc) is 2.82. The Morgan fingerprint density at radius 1 is 1.35 bits per heavy atom. The van der Waals surface area contributed by atoms with Gasteiger partial charge in [-0.15, -0.1) is 11.3 Å². The zero-order chi connectivity index (χ0) is 17.5. The lowest BCUT2D eigenvalue weighted by Crippen LogP contribution is -2.41. The number of ether oxygens (including phenoxy) is 1. The highest BCUT2D eigenvalue weighted by Crippen LogP contribution is 2.11. The zero-order valence-corrected chi connectivity index (χ0v) is 15.5. The Morgan fingerprint density at radius 2 is 2.04 bits per heavy atom. The van der Waals surface area contributed by atoms with Crippen molar-refractivity contribution in [2.45, 2.75) is 52.6 Å². The van der Waals surface area contributed by atoms with Gasteiger partial charge in [-0.1, -0.05) is 0 Å². The Balaban J connectivity index is 2.15. The van der Waals surface area contributed by atoms with E-state index in [0.717, 1.165) is 30.0 Å². The summed E-state index contributed by atoms with van der Waals surface area (Å²) in [4.78, 5) is 29.2. The third-order valence-corrected chi connectivity index (χ3v) is 3.92. The van der Waals surface area contributed by atoms with Crippen LogP contribution < -0.4 is 5.32 Å². The van der Waals surface area contributed by atoms with E-state index >= 15 is 0 Å². The Labute approximate surface area is 142 Å². The molecule has 0 saturated carbocycles. The summed E-state index contributed by atoms with van der Waals surface area (Å²) in [7, 11) is 1.55. The molecule has 0 atom stereocenters. The summed E-state index contributed by atoms with van der Waals surface area (Å²) in [6.45, 7) is 7.97. The Bertz CT molecular complexity index is 523. The molecule has 2 amide bonds. The molecule has 0 radical (unpaired) electrons. The van der Waals surface area contributed by atoms with E-state index in [1.54, 1.807) is 39.2 Å². The number of likely N-dealkylation sites (N-methyl/N-ethyl adjacent to an activating group) is 1. The van der Waals surface area contributed by atoms with E-state index in [1.807, 2.05) is 12.3 Å². The first kappa shape index (κ1) is 19.4. The van der Waals surface area contributed by atoms with Gasteiger partial charge in [0.05, 0.1) is 5.01 Å². The number of nitrogens with one attached hydrogen (secondary N) is 1. The van der Waals surface area contributed by atoms with E-state index in [-0.39, 0.29) is 12.5 Å². The van der Waals surface area contributed by atoms with Crippen LogP contribution >= 0.6 is 11.3 Å². The maximum Gasteiger partial charge on any atom is 0.410 e. The second kappa shape index (κ2) is 8.86. The van der Waals surface area contributed by atoms with Crippen molar-refractivity contribution < 1.29 is 14.3 Å². The Hall–Kier alpha value is -1.63. The molecule has 0 bridgehead atoms. The molecule has 1 heterocycles. The minimum atomic E-state index is -0.560. The van der Waals surface area contributed by atoms with E-state index in [0.29, 0.717) is 6.54 Å². The number of hydrogen-bond donors (Lipinski definition) is 1. The van der Waals surface area contributed by atoms with E-state index < -0.39 is 11.7 Å². The molecule has 1 N–H and O–H groups in total. The molecule has 0 aliphatic rings. The first-order valence-corrected chi connectivity index (χ1v) is 8.67. The predicted octanol–water partition coefficient (Wildman–Crippen LogP) is 2.76. The zero-order valence-electron chi connectivity index (χ0n) is 14.6. The average molecular weight is 341 g/mol. The van der Waals surface area contributed by atoms with Gasteiger partial charge in [0.15, 0.2) is 0 Å². The van der Waals surface area contributed by atoms with Crippen LogP contribution in [0.3, 0.4) is 0 Å². The van der Waals surface area contributed by atoms with Crippen LogP contribution in [-0.2, 0) is 16.0 Å². The van der Waals surface area contributed by atoms with Crippen molar-refractivity contribution in [1.82, 2.24) is 15.2 Å². The van der Waals surface area contributed by atoms with Crippen molar-refractivity contribution in [3.05, 3.63) is 16.1 Å². The highest BCUT2D eigenvalue weighted by atomic mass is 32.1. The number of aryl methyl sites for hydroxylation is 2. The molecule has 0 saturated heterocycles. The van der Waals surface area contributed by atoms with E-state index in [4.69, 9.17) is 4.74 Å². The van der Waals surface area contributed by atoms with Gasteiger partial charge in [0.1, 0.15) is 12.1 Å². The summed E-state index contributed by atoms with van der Waals surface area (Å²) in [5.74, 6) is -0.177. The lowest BCUT2D eigenvalue weighted by Gasteiger charge is -2.24. The maximum absolute atomic E-state index is 11.8. The number of carbonyl (C=O) groups is 2.